The number of aliphatic hydroxyl groups is 2. The fourth-order valence-corrected chi connectivity index (χ4v) is 4.12. The van der Waals surface area contributed by atoms with Crippen LogP contribution in [0.1, 0.15) is 40.5 Å². The lowest BCUT2D eigenvalue weighted by atomic mass is 9.78. The molecule has 0 radical (unpaired) electrons. The molecular formula is C20H32ClNO4. The minimum Gasteiger partial charge on any atom is -0.491 e. The molecule has 1 heterocycles. The molecule has 1 saturated heterocycles. The van der Waals surface area contributed by atoms with Gasteiger partial charge in [0.25, 0.3) is 0 Å². The minimum atomic E-state index is -0.584. The van der Waals surface area contributed by atoms with E-state index in [0.717, 1.165) is 5.75 Å². The number of ether oxygens (including phenoxy) is 2. The highest BCUT2D eigenvalue weighted by Gasteiger charge is 2.45. The molecule has 1 aromatic rings. The lowest BCUT2D eigenvalue weighted by molar-refractivity contribution is -0.105. The Morgan fingerprint density at radius 1 is 1.12 bits per heavy atom. The predicted octanol–water partition coefficient (Wildman–Crippen LogP) is 3.11. The number of benzene rings is 1. The molecule has 0 aliphatic carbocycles. The Balaban J connectivity index is 1.72. The van der Waals surface area contributed by atoms with Gasteiger partial charge in [0.2, 0.25) is 0 Å². The zero-order valence-corrected chi connectivity index (χ0v) is 17.0. The van der Waals surface area contributed by atoms with Crippen LogP contribution in [-0.2, 0) is 4.74 Å². The van der Waals surface area contributed by atoms with Crippen LogP contribution >= 0.6 is 11.6 Å². The lowest BCUT2D eigenvalue weighted by Crippen LogP contribution is -2.63. The van der Waals surface area contributed by atoms with Crippen molar-refractivity contribution < 1.29 is 19.7 Å². The van der Waals surface area contributed by atoms with Crippen LogP contribution in [0.25, 0.3) is 0 Å². The van der Waals surface area contributed by atoms with Crippen molar-refractivity contribution >= 4 is 11.6 Å². The maximum Gasteiger partial charge on any atom is 0.119 e. The third kappa shape index (κ3) is 6.10. The van der Waals surface area contributed by atoms with Crippen molar-refractivity contribution in [3.63, 3.8) is 0 Å². The zero-order chi connectivity index (χ0) is 19.4. The first-order chi connectivity index (χ1) is 12.1. The van der Waals surface area contributed by atoms with Gasteiger partial charge in [0.15, 0.2) is 0 Å². The van der Waals surface area contributed by atoms with E-state index >= 15 is 0 Å². The summed E-state index contributed by atoms with van der Waals surface area (Å²) in [5, 5.41) is 21.2. The topological polar surface area (TPSA) is 62.2 Å². The van der Waals surface area contributed by atoms with Crippen LogP contribution in [0.15, 0.2) is 24.3 Å². The largest absolute Gasteiger partial charge is 0.491 e. The van der Waals surface area contributed by atoms with Crippen LogP contribution in [0.4, 0.5) is 0 Å². The average molecular weight is 386 g/mol. The van der Waals surface area contributed by atoms with Crippen LogP contribution in [-0.4, -0.2) is 64.8 Å². The predicted molar refractivity (Wildman–Crippen MR) is 104 cm³/mol. The molecule has 148 valence electrons. The van der Waals surface area contributed by atoms with E-state index in [1.54, 1.807) is 12.1 Å². The molecule has 0 spiro atoms. The third-order valence-corrected chi connectivity index (χ3v) is 5.20. The molecule has 1 atom stereocenters. The summed E-state index contributed by atoms with van der Waals surface area (Å²) in [6.07, 6.45) is 0.534. The van der Waals surface area contributed by atoms with Gasteiger partial charge in [0.05, 0.1) is 25.4 Å². The summed E-state index contributed by atoms with van der Waals surface area (Å²) < 4.78 is 11.1. The summed E-state index contributed by atoms with van der Waals surface area (Å²) in [4.78, 5) is 2.28. The van der Waals surface area contributed by atoms with Gasteiger partial charge in [-0.3, -0.25) is 4.90 Å². The highest BCUT2D eigenvalue weighted by atomic mass is 35.5. The number of aliphatic hydroxyl groups excluding tert-OH is 2. The summed E-state index contributed by atoms with van der Waals surface area (Å²) in [6, 6.07) is 7.18. The van der Waals surface area contributed by atoms with E-state index in [4.69, 9.17) is 21.1 Å². The monoisotopic (exact) mass is 385 g/mol. The van der Waals surface area contributed by atoms with Crippen LogP contribution in [0.2, 0.25) is 5.02 Å². The maximum absolute atomic E-state index is 10.4. The summed E-state index contributed by atoms with van der Waals surface area (Å²) in [6.45, 7) is 10.1. The van der Waals surface area contributed by atoms with E-state index in [-0.39, 0.29) is 23.8 Å². The van der Waals surface area contributed by atoms with Crippen LogP contribution in [0, 0.1) is 0 Å². The second-order valence-corrected chi connectivity index (χ2v) is 8.77. The first-order valence-electron chi connectivity index (χ1n) is 9.20. The van der Waals surface area contributed by atoms with Crippen molar-refractivity contribution in [2.75, 3.05) is 26.4 Å². The number of likely N-dealkylation sites (tertiary alicyclic amines) is 1. The van der Waals surface area contributed by atoms with Gasteiger partial charge in [-0.1, -0.05) is 11.6 Å². The van der Waals surface area contributed by atoms with E-state index in [9.17, 15) is 10.2 Å². The highest BCUT2D eigenvalue weighted by Crippen LogP contribution is 2.38. The first kappa shape index (κ1) is 21.5. The Kier molecular flexibility index (Phi) is 7.34. The molecular weight excluding hydrogens is 354 g/mol. The number of β-amino-alcohol motifs (C(OH)–C–C–N with tert-alkyl or cyclic N) is 1. The van der Waals surface area contributed by atoms with Crippen LogP contribution < -0.4 is 4.74 Å². The Labute approximate surface area is 161 Å². The van der Waals surface area contributed by atoms with E-state index in [0.29, 0.717) is 37.6 Å². The second kappa shape index (κ2) is 8.89. The van der Waals surface area contributed by atoms with E-state index in [1.165, 1.54) is 0 Å². The SMILES string of the molecule is CC1(C)CC(O)CC(C)(C)N1C[C@H](O)COCCOc1ccc(Cl)cc1. The third-order valence-electron chi connectivity index (χ3n) is 4.95. The molecule has 0 amide bonds. The van der Waals surface area contributed by atoms with E-state index < -0.39 is 6.10 Å². The molecule has 0 saturated carbocycles. The van der Waals surface area contributed by atoms with Crippen LogP contribution in [0.5, 0.6) is 5.75 Å². The Morgan fingerprint density at radius 3 is 2.27 bits per heavy atom. The number of nitrogens with zero attached hydrogens (tertiary/aromatic N) is 1. The number of hydrogen-bond acceptors (Lipinski definition) is 5. The number of rotatable bonds is 8. The smallest absolute Gasteiger partial charge is 0.119 e. The van der Waals surface area contributed by atoms with Gasteiger partial charge < -0.3 is 19.7 Å². The molecule has 0 bridgehead atoms. The van der Waals surface area contributed by atoms with Crippen molar-refractivity contribution in [3.8, 4) is 5.75 Å². The first-order valence-corrected chi connectivity index (χ1v) is 9.58. The minimum absolute atomic E-state index is 0.167. The van der Waals surface area contributed by atoms with Crippen molar-refractivity contribution in [3.05, 3.63) is 29.3 Å². The Bertz CT molecular complexity index is 543. The number of hydrogen-bond donors (Lipinski definition) is 2. The maximum atomic E-state index is 10.4. The zero-order valence-electron chi connectivity index (χ0n) is 16.2. The molecule has 1 aliphatic rings. The second-order valence-electron chi connectivity index (χ2n) is 8.33. The number of piperidine rings is 1. The quantitative estimate of drug-likeness (QED) is 0.673. The molecule has 0 unspecified atom stereocenters. The summed E-state index contributed by atoms with van der Waals surface area (Å²) in [5.41, 5.74) is -0.334. The molecule has 2 rings (SSSR count). The molecule has 5 nitrogen and oxygen atoms in total. The molecule has 2 N–H and O–H groups in total. The molecule has 1 aromatic carbocycles. The van der Waals surface area contributed by atoms with Crippen LogP contribution in [0.3, 0.4) is 0 Å². The lowest BCUT2D eigenvalue weighted by Gasteiger charge is -2.55. The van der Waals surface area contributed by atoms with Gasteiger partial charge in [0, 0.05) is 22.6 Å². The fourth-order valence-electron chi connectivity index (χ4n) is 3.99. The Morgan fingerprint density at radius 2 is 1.69 bits per heavy atom. The van der Waals surface area contributed by atoms with Gasteiger partial charge in [0.1, 0.15) is 12.4 Å². The van der Waals surface area contributed by atoms with Gasteiger partial charge in [-0.2, -0.15) is 0 Å². The van der Waals surface area contributed by atoms with E-state index in [2.05, 4.69) is 32.6 Å². The Hall–Kier alpha value is -0.850. The van der Waals surface area contributed by atoms with Gasteiger partial charge in [-0.05, 0) is 64.8 Å². The van der Waals surface area contributed by atoms with E-state index in [1.807, 2.05) is 12.1 Å². The number of halogens is 1. The standard InChI is InChI=1S/C20H32ClNO4/c1-19(2)11-16(23)12-20(3,4)22(19)13-17(24)14-25-9-10-26-18-7-5-15(21)6-8-18/h5-8,16-17,23-24H,9-14H2,1-4H3/t17-/m0/s1. The van der Waals surface area contributed by atoms with Crippen molar-refractivity contribution in [2.24, 2.45) is 0 Å². The molecule has 1 aliphatic heterocycles. The molecule has 26 heavy (non-hydrogen) atoms. The molecule has 6 heteroatoms. The van der Waals surface area contributed by atoms with Crippen molar-refractivity contribution in [1.29, 1.82) is 0 Å². The van der Waals surface area contributed by atoms with Gasteiger partial charge in [-0.15, -0.1) is 0 Å². The van der Waals surface area contributed by atoms with Crippen molar-refractivity contribution in [1.82, 2.24) is 4.90 Å². The average Bonchev–Trinajstić information content (AvgIpc) is 2.51. The van der Waals surface area contributed by atoms with Gasteiger partial charge >= 0.3 is 0 Å². The fraction of sp³-hybridized carbons (Fsp3) is 0.700. The normalized spacial score (nSPS) is 21.5. The van der Waals surface area contributed by atoms with Crippen molar-refractivity contribution in [2.45, 2.75) is 63.8 Å². The van der Waals surface area contributed by atoms with Gasteiger partial charge in [-0.25, -0.2) is 0 Å². The highest BCUT2D eigenvalue weighted by molar-refractivity contribution is 6.30. The summed E-state index contributed by atoms with van der Waals surface area (Å²) >= 11 is 5.83. The molecule has 1 fully saturated rings. The summed E-state index contributed by atoms with van der Waals surface area (Å²) in [5.74, 6) is 0.744. The summed E-state index contributed by atoms with van der Waals surface area (Å²) in [7, 11) is 0. The molecule has 0 aromatic heterocycles.